The number of hydrogen-bond donors (Lipinski definition) is 1. The fraction of sp³-hybridized carbons (Fsp3) is 0.308. The first-order chi connectivity index (χ1) is 7.86. The number of thiophene rings is 1. The highest BCUT2D eigenvalue weighted by atomic mass is 32.1. The van der Waals surface area contributed by atoms with E-state index < -0.39 is 0 Å². The molecule has 0 fully saturated rings. The van der Waals surface area contributed by atoms with Crippen molar-refractivity contribution >= 4 is 11.3 Å². The van der Waals surface area contributed by atoms with Crippen LogP contribution in [0.3, 0.4) is 0 Å². The van der Waals surface area contributed by atoms with Gasteiger partial charge in [0.15, 0.2) is 0 Å². The van der Waals surface area contributed by atoms with Crippen LogP contribution in [0.1, 0.15) is 24.1 Å². The molecule has 0 aliphatic rings. The van der Waals surface area contributed by atoms with Crippen LogP contribution in [-0.2, 0) is 6.54 Å². The van der Waals surface area contributed by atoms with Gasteiger partial charge in [0.1, 0.15) is 0 Å². The zero-order valence-corrected chi connectivity index (χ0v) is 10.2. The van der Waals surface area contributed by atoms with Crippen molar-refractivity contribution in [3.05, 3.63) is 52.5 Å². The van der Waals surface area contributed by atoms with Gasteiger partial charge in [0.2, 0.25) is 0 Å². The molecule has 0 radical (unpaired) electrons. The average molecular weight is 232 g/mol. The van der Waals surface area contributed by atoms with E-state index in [2.05, 4.69) is 34.1 Å². The number of hydrogen-bond acceptors (Lipinski definition) is 3. The van der Waals surface area contributed by atoms with Gasteiger partial charge in [0.25, 0.3) is 0 Å². The van der Waals surface area contributed by atoms with Gasteiger partial charge in [0, 0.05) is 19.3 Å². The highest BCUT2D eigenvalue weighted by Crippen LogP contribution is 2.17. The second-order valence-electron chi connectivity index (χ2n) is 3.91. The van der Waals surface area contributed by atoms with E-state index in [4.69, 9.17) is 0 Å². The summed E-state index contributed by atoms with van der Waals surface area (Å²) in [5.74, 6) is 0.565. The van der Waals surface area contributed by atoms with E-state index in [0.717, 1.165) is 18.8 Å². The number of pyridine rings is 1. The van der Waals surface area contributed by atoms with Crippen LogP contribution in [0, 0.1) is 0 Å². The molecule has 0 aliphatic heterocycles. The van der Waals surface area contributed by atoms with E-state index in [9.17, 15) is 0 Å². The molecule has 0 bridgehead atoms. The summed E-state index contributed by atoms with van der Waals surface area (Å²) in [5, 5.41) is 7.78. The minimum atomic E-state index is 0.565. The molecular weight excluding hydrogens is 216 g/mol. The molecule has 0 saturated carbocycles. The van der Waals surface area contributed by atoms with E-state index in [-0.39, 0.29) is 0 Å². The number of nitrogens with one attached hydrogen (secondary N) is 1. The quantitative estimate of drug-likeness (QED) is 0.857. The van der Waals surface area contributed by atoms with Crippen LogP contribution >= 0.6 is 11.3 Å². The van der Waals surface area contributed by atoms with E-state index in [1.807, 2.05) is 24.4 Å². The molecule has 2 rings (SSSR count). The summed E-state index contributed by atoms with van der Waals surface area (Å²) in [6.07, 6.45) is 1.83. The topological polar surface area (TPSA) is 24.9 Å². The smallest absolute Gasteiger partial charge is 0.0541 e. The summed E-state index contributed by atoms with van der Waals surface area (Å²) in [4.78, 5) is 4.28. The highest BCUT2D eigenvalue weighted by Gasteiger charge is 2.04. The van der Waals surface area contributed by atoms with Gasteiger partial charge >= 0.3 is 0 Å². The van der Waals surface area contributed by atoms with Crippen molar-refractivity contribution in [3.63, 3.8) is 0 Å². The molecule has 2 heterocycles. The Morgan fingerprint density at radius 1 is 1.38 bits per heavy atom. The lowest BCUT2D eigenvalue weighted by molar-refractivity contribution is 0.609. The van der Waals surface area contributed by atoms with E-state index >= 15 is 0 Å². The van der Waals surface area contributed by atoms with Crippen molar-refractivity contribution < 1.29 is 0 Å². The first-order valence-corrected chi connectivity index (χ1v) is 6.43. The molecular formula is C13H16N2S. The summed E-state index contributed by atoms with van der Waals surface area (Å²) in [6.45, 7) is 4.08. The van der Waals surface area contributed by atoms with Crippen LogP contribution in [-0.4, -0.2) is 11.5 Å². The average Bonchev–Trinajstić information content (AvgIpc) is 2.84. The lowest BCUT2D eigenvalue weighted by atomic mass is 10.1. The van der Waals surface area contributed by atoms with Crippen molar-refractivity contribution in [1.82, 2.24) is 10.3 Å². The van der Waals surface area contributed by atoms with Crippen LogP contribution in [0.5, 0.6) is 0 Å². The largest absolute Gasteiger partial charge is 0.311 e. The molecule has 84 valence electrons. The molecule has 0 amide bonds. The molecule has 1 unspecified atom stereocenters. The number of rotatable bonds is 5. The molecule has 0 saturated heterocycles. The van der Waals surface area contributed by atoms with Crippen LogP contribution in [0.2, 0.25) is 0 Å². The molecule has 2 aromatic rings. The summed E-state index contributed by atoms with van der Waals surface area (Å²) in [7, 11) is 0. The summed E-state index contributed by atoms with van der Waals surface area (Å²) in [5.41, 5.74) is 2.51. The first kappa shape index (κ1) is 11.3. The lowest BCUT2D eigenvalue weighted by Gasteiger charge is -2.10. The fourth-order valence-corrected chi connectivity index (χ4v) is 2.37. The zero-order valence-electron chi connectivity index (χ0n) is 9.39. The Kier molecular flexibility index (Phi) is 4.08. The third kappa shape index (κ3) is 3.15. The Hall–Kier alpha value is -1.19. The normalized spacial score (nSPS) is 12.6. The Morgan fingerprint density at radius 3 is 3.00 bits per heavy atom. The number of aromatic nitrogens is 1. The Morgan fingerprint density at radius 2 is 2.31 bits per heavy atom. The molecule has 16 heavy (non-hydrogen) atoms. The predicted octanol–water partition coefficient (Wildman–Crippen LogP) is 3.04. The van der Waals surface area contributed by atoms with Gasteiger partial charge < -0.3 is 5.32 Å². The van der Waals surface area contributed by atoms with Crippen molar-refractivity contribution in [2.75, 3.05) is 6.54 Å². The number of nitrogens with zero attached hydrogens (tertiary/aromatic N) is 1. The fourth-order valence-electron chi connectivity index (χ4n) is 1.59. The van der Waals surface area contributed by atoms with Crippen LogP contribution in [0.15, 0.2) is 41.2 Å². The predicted molar refractivity (Wildman–Crippen MR) is 68.7 cm³/mol. The van der Waals surface area contributed by atoms with Gasteiger partial charge in [-0.05, 0) is 40.4 Å². The van der Waals surface area contributed by atoms with Gasteiger partial charge in [-0.15, -0.1) is 0 Å². The molecule has 2 nitrogen and oxygen atoms in total. The van der Waals surface area contributed by atoms with E-state index in [1.165, 1.54) is 5.56 Å². The van der Waals surface area contributed by atoms with Crippen LogP contribution in [0.25, 0.3) is 0 Å². The second-order valence-corrected chi connectivity index (χ2v) is 4.69. The molecule has 0 aromatic carbocycles. The minimum absolute atomic E-state index is 0.565. The standard InChI is InChI=1S/C13H16N2S/c1-11(12-5-7-16-10-12)8-14-9-13-4-2-3-6-15-13/h2-7,10-11,14H,8-9H2,1H3. The van der Waals surface area contributed by atoms with Crippen molar-refractivity contribution in [1.29, 1.82) is 0 Å². The van der Waals surface area contributed by atoms with Gasteiger partial charge in [-0.25, -0.2) is 0 Å². The van der Waals surface area contributed by atoms with Gasteiger partial charge in [-0.2, -0.15) is 11.3 Å². The maximum atomic E-state index is 4.28. The monoisotopic (exact) mass is 232 g/mol. The molecule has 0 spiro atoms. The Labute approximate surface area is 100 Å². The van der Waals surface area contributed by atoms with Crippen LogP contribution in [0.4, 0.5) is 0 Å². The Balaban J connectivity index is 1.76. The van der Waals surface area contributed by atoms with Crippen molar-refractivity contribution in [2.45, 2.75) is 19.4 Å². The molecule has 3 heteroatoms. The van der Waals surface area contributed by atoms with Crippen molar-refractivity contribution in [3.8, 4) is 0 Å². The maximum Gasteiger partial charge on any atom is 0.0541 e. The summed E-state index contributed by atoms with van der Waals surface area (Å²) < 4.78 is 0. The molecule has 1 atom stereocenters. The van der Waals surface area contributed by atoms with Crippen LogP contribution < -0.4 is 5.32 Å². The minimum Gasteiger partial charge on any atom is -0.311 e. The maximum absolute atomic E-state index is 4.28. The highest BCUT2D eigenvalue weighted by molar-refractivity contribution is 7.07. The second kappa shape index (κ2) is 5.77. The molecule has 0 aliphatic carbocycles. The molecule has 2 aromatic heterocycles. The van der Waals surface area contributed by atoms with E-state index in [0.29, 0.717) is 5.92 Å². The van der Waals surface area contributed by atoms with Gasteiger partial charge in [0.05, 0.1) is 5.69 Å². The Bertz CT molecular complexity index is 397. The van der Waals surface area contributed by atoms with Crippen molar-refractivity contribution in [2.24, 2.45) is 0 Å². The molecule has 1 N–H and O–H groups in total. The van der Waals surface area contributed by atoms with Gasteiger partial charge in [-0.3, -0.25) is 4.98 Å². The SMILES string of the molecule is CC(CNCc1ccccn1)c1ccsc1. The van der Waals surface area contributed by atoms with Gasteiger partial charge in [-0.1, -0.05) is 13.0 Å². The van der Waals surface area contributed by atoms with E-state index in [1.54, 1.807) is 11.3 Å². The summed E-state index contributed by atoms with van der Waals surface area (Å²) >= 11 is 1.76. The third-order valence-corrected chi connectivity index (χ3v) is 3.30. The summed E-state index contributed by atoms with van der Waals surface area (Å²) in [6, 6.07) is 8.20. The zero-order chi connectivity index (χ0) is 11.2. The third-order valence-electron chi connectivity index (χ3n) is 2.60. The first-order valence-electron chi connectivity index (χ1n) is 5.49. The lowest BCUT2D eigenvalue weighted by Crippen LogP contribution is -2.19.